The maximum Gasteiger partial charge on any atom is 0.308 e. The van der Waals surface area contributed by atoms with Crippen LogP contribution in [0.1, 0.15) is 52.4 Å². The highest BCUT2D eigenvalue weighted by Crippen LogP contribution is 2.22. The average molecular weight is 241 g/mol. The van der Waals surface area contributed by atoms with Gasteiger partial charge in [-0.3, -0.25) is 9.59 Å². The third kappa shape index (κ3) is 4.02. The second-order valence-corrected chi connectivity index (χ2v) is 4.96. The highest BCUT2D eigenvalue weighted by atomic mass is 16.4. The Kier molecular flexibility index (Phi) is 5.45. The van der Waals surface area contributed by atoms with Gasteiger partial charge in [0.05, 0.1) is 5.92 Å². The zero-order valence-corrected chi connectivity index (χ0v) is 10.8. The molecule has 4 nitrogen and oxygen atoms in total. The molecule has 1 aliphatic rings. The topological polar surface area (TPSA) is 57.6 Å². The molecule has 1 heterocycles. The number of aliphatic carboxylic acids is 1. The number of amides is 1. The van der Waals surface area contributed by atoms with Crippen LogP contribution >= 0.6 is 0 Å². The minimum absolute atomic E-state index is 0.117. The Bertz CT molecular complexity index is 278. The van der Waals surface area contributed by atoms with Crippen LogP contribution in [0.15, 0.2) is 0 Å². The van der Waals surface area contributed by atoms with Gasteiger partial charge in [0.2, 0.25) is 5.91 Å². The fraction of sp³-hybridized carbons (Fsp3) is 0.846. The lowest BCUT2D eigenvalue weighted by molar-refractivity contribution is -0.148. The van der Waals surface area contributed by atoms with E-state index in [2.05, 4.69) is 6.92 Å². The molecule has 98 valence electrons. The summed E-state index contributed by atoms with van der Waals surface area (Å²) >= 11 is 0. The summed E-state index contributed by atoms with van der Waals surface area (Å²) in [6.07, 6.45) is 5.31. The second-order valence-electron chi connectivity index (χ2n) is 4.96. The van der Waals surface area contributed by atoms with Gasteiger partial charge in [0.15, 0.2) is 0 Å². The van der Waals surface area contributed by atoms with Crippen LogP contribution in [-0.4, -0.2) is 34.5 Å². The molecule has 0 radical (unpaired) electrons. The molecule has 1 aliphatic heterocycles. The molecular weight excluding hydrogens is 218 g/mol. The highest BCUT2D eigenvalue weighted by molar-refractivity contribution is 5.80. The summed E-state index contributed by atoms with van der Waals surface area (Å²) < 4.78 is 0. The van der Waals surface area contributed by atoms with Crippen LogP contribution in [0.3, 0.4) is 0 Å². The number of unbranched alkanes of at least 4 members (excludes halogenated alkanes) is 2. The fourth-order valence-corrected chi connectivity index (χ4v) is 2.34. The molecule has 0 aromatic carbocycles. The summed E-state index contributed by atoms with van der Waals surface area (Å²) in [4.78, 5) is 24.5. The van der Waals surface area contributed by atoms with Crippen molar-refractivity contribution in [3.8, 4) is 0 Å². The molecule has 0 spiro atoms. The molecule has 2 atom stereocenters. The van der Waals surface area contributed by atoms with Gasteiger partial charge in [-0.25, -0.2) is 0 Å². The van der Waals surface area contributed by atoms with Gasteiger partial charge >= 0.3 is 5.97 Å². The Morgan fingerprint density at radius 1 is 1.53 bits per heavy atom. The minimum atomic E-state index is -0.775. The van der Waals surface area contributed by atoms with Crippen molar-refractivity contribution in [2.24, 2.45) is 5.92 Å². The third-order valence-corrected chi connectivity index (χ3v) is 3.55. The number of piperidine rings is 1. The maximum absolute atomic E-state index is 11.8. The lowest BCUT2D eigenvalue weighted by Crippen LogP contribution is -2.47. The van der Waals surface area contributed by atoms with E-state index in [-0.39, 0.29) is 17.9 Å². The standard InChI is InChI=1S/C13H23NO3/c1-3-4-5-6-10(2)14-9-11(13(16)17)7-8-12(14)15/h10-11H,3-9H2,1-2H3,(H,16,17). The van der Waals surface area contributed by atoms with Gasteiger partial charge in [-0.2, -0.15) is 0 Å². The van der Waals surface area contributed by atoms with Crippen LogP contribution in [0.4, 0.5) is 0 Å². The van der Waals surface area contributed by atoms with Crippen molar-refractivity contribution in [1.29, 1.82) is 0 Å². The van der Waals surface area contributed by atoms with Crippen LogP contribution in [0.25, 0.3) is 0 Å². The fourth-order valence-electron chi connectivity index (χ4n) is 2.34. The molecule has 4 heteroatoms. The van der Waals surface area contributed by atoms with Gasteiger partial charge in [-0.15, -0.1) is 0 Å². The molecule has 0 aromatic heterocycles. The van der Waals surface area contributed by atoms with E-state index in [1.807, 2.05) is 6.92 Å². The van der Waals surface area contributed by atoms with Gasteiger partial charge < -0.3 is 10.0 Å². The van der Waals surface area contributed by atoms with E-state index >= 15 is 0 Å². The molecule has 0 bridgehead atoms. The summed E-state index contributed by atoms with van der Waals surface area (Å²) in [6, 6.07) is 0.177. The molecule has 0 saturated carbocycles. The van der Waals surface area contributed by atoms with Crippen LogP contribution in [-0.2, 0) is 9.59 Å². The van der Waals surface area contributed by atoms with Gasteiger partial charge in [0.25, 0.3) is 0 Å². The predicted molar refractivity (Wildman–Crippen MR) is 65.7 cm³/mol. The first-order valence-electron chi connectivity index (χ1n) is 6.58. The summed E-state index contributed by atoms with van der Waals surface area (Å²) in [7, 11) is 0. The number of rotatable bonds is 6. The van der Waals surface area contributed by atoms with Crippen molar-refractivity contribution in [1.82, 2.24) is 4.90 Å². The van der Waals surface area contributed by atoms with E-state index in [1.165, 1.54) is 12.8 Å². The monoisotopic (exact) mass is 241 g/mol. The zero-order valence-electron chi connectivity index (χ0n) is 10.8. The number of nitrogens with zero attached hydrogens (tertiary/aromatic N) is 1. The van der Waals surface area contributed by atoms with Crippen molar-refractivity contribution in [2.45, 2.75) is 58.4 Å². The number of carboxylic acid groups (broad SMARTS) is 1. The van der Waals surface area contributed by atoms with Crippen LogP contribution < -0.4 is 0 Å². The first-order chi connectivity index (χ1) is 8.06. The maximum atomic E-state index is 11.8. The highest BCUT2D eigenvalue weighted by Gasteiger charge is 2.32. The summed E-state index contributed by atoms with van der Waals surface area (Å²) in [6.45, 7) is 4.57. The number of carbonyl (C=O) groups is 2. The van der Waals surface area contributed by atoms with E-state index in [0.29, 0.717) is 19.4 Å². The van der Waals surface area contributed by atoms with Crippen molar-refractivity contribution < 1.29 is 14.7 Å². The van der Waals surface area contributed by atoms with Gasteiger partial charge in [0.1, 0.15) is 0 Å². The summed E-state index contributed by atoms with van der Waals surface area (Å²) in [5.74, 6) is -1.03. The Hall–Kier alpha value is -1.06. The van der Waals surface area contributed by atoms with E-state index in [0.717, 1.165) is 12.8 Å². The van der Waals surface area contributed by atoms with Crippen molar-refractivity contribution in [3.05, 3.63) is 0 Å². The van der Waals surface area contributed by atoms with E-state index in [9.17, 15) is 9.59 Å². The molecule has 1 N–H and O–H groups in total. The first-order valence-corrected chi connectivity index (χ1v) is 6.58. The molecule has 2 unspecified atom stereocenters. The number of carbonyl (C=O) groups excluding carboxylic acids is 1. The van der Waals surface area contributed by atoms with Crippen LogP contribution in [0, 0.1) is 5.92 Å². The largest absolute Gasteiger partial charge is 0.481 e. The summed E-state index contributed by atoms with van der Waals surface area (Å²) in [5, 5.41) is 9.00. The predicted octanol–water partition coefficient (Wildman–Crippen LogP) is 2.28. The van der Waals surface area contributed by atoms with Crippen molar-refractivity contribution in [2.75, 3.05) is 6.54 Å². The second kappa shape index (κ2) is 6.62. The van der Waals surface area contributed by atoms with Crippen LogP contribution in [0.2, 0.25) is 0 Å². The first kappa shape index (κ1) is 14.0. The Balaban J connectivity index is 2.48. The molecule has 0 aliphatic carbocycles. The number of hydrogen-bond acceptors (Lipinski definition) is 2. The SMILES string of the molecule is CCCCCC(C)N1CC(C(=O)O)CCC1=O. The zero-order chi connectivity index (χ0) is 12.8. The number of likely N-dealkylation sites (tertiary alicyclic amines) is 1. The van der Waals surface area contributed by atoms with E-state index in [1.54, 1.807) is 4.90 Å². The third-order valence-electron chi connectivity index (χ3n) is 3.55. The van der Waals surface area contributed by atoms with E-state index < -0.39 is 5.97 Å². The van der Waals surface area contributed by atoms with Gasteiger partial charge in [-0.05, 0) is 19.8 Å². The molecule has 1 rings (SSSR count). The number of carboxylic acids is 1. The molecule has 17 heavy (non-hydrogen) atoms. The molecular formula is C13H23NO3. The lowest BCUT2D eigenvalue weighted by atomic mass is 9.95. The van der Waals surface area contributed by atoms with Gasteiger partial charge in [0, 0.05) is 19.0 Å². The van der Waals surface area contributed by atoms with Gasteiger partial charge in [-0.1, -0.05) is 26.2 Å². The Morgan fingerprint density at radius 3 is 2.82 bits per heavy atom. The van der Waals surface area contributed by atoms with Crippen LogP contribution in [0.5, 0.6) is 0 Å². The molecule has 1 saturated heterocycles. The van der Waals surface area contributed by atoms with Crippen molar-refractivity contribution in [3.63, 3.8) is 0 Å². The molecule has 1 amide bonds. The van der Waals surface area contributed by atoms with E-state index in [4.69, 9.17) is 5.11 Å². The number of hydrogen-bond donors (Lipinski definition) is 1. The normalized spacial score (nSPS) is 22.6. The van der Waals surface area contributed by atoms with Crippen molar-refractivity contribution >= 4 is 11.9 Å². The Morgan fingerprint density at radius 2 is 2.24 bits per heavy atom. The average Bonchev–Trinajstić information content (AvgIpc) is 2.29. The smallest absolute Gasteiger partial charge is 0.308 e. The quantitative estimate of drug-likeness (QED) is 0.726. The Labute approximate surface area is 103 Å². The molecule has 1 fully saturated rings. The minimum Gasteiger partial charge on any atom is -0.481 e. The summed E-state index contributed by atoms with van der Waals surface area (Å²) in [5.41, 5.74) is 0. The lowest BCUT2D eigenvalue weighted by Gasteiger charge is -2.35. The molecule has 0 aromatic rings.